The van der Waals surface area contributed by atoms with E-state index in [1.54, 1.807) is 0 Å². The van der Waals surface area contributed by atoms with Gasteiger partial charge in [-0.3, -0.25) is 0 Å². The lowest BCUT2D eigenvalue weighted by atomic mass is 10.1. The van der Waals surface area contributed by atoms with Gasteiger partial charge < -0.3 is 25.5 Å². The fraction of sp³-hybridized carbons (Fsp3) is 0.304. The Morgan fingerprint density at radius 3 is 2.53 bits per heavy atom. The van der Waals surface area contributed by atoms with Crippen molar-refractivity contribution in [1.29, 1.82) is 0 Å². The zero-order valence-electron chi connectivity index (χ0n) is 17.9. The fourth-order valence-electron chi connectivity index (χ4n) is 3.71. The Labute approximate surface area is 199 Å². The Morgan fingerprint density at radius 2 is 1.81 bits per heavy atom. The van der Waals surface area contributed by atoms with Crippen LogP contribution in [-0.4, -0.2) is 40.9 Å². The van der Waals surface area contributed by atoms with Gasteiger partial charge in [0.2, 0.25) is 0 Å². The molecular weight excluding hydrogens is 449 g/mol. The third-order valence-corrected chi connectivity index (χ3v) is 5.13. The van der Waals surface area contributed by atoms with Crippen molar-refractivity contribution in [2.24, 2.45) is 5.73 Å². The topological polar surface area (TPSA) is 101 Å². The van der Waals surface area contributed by atoms with Crippen molar-refractivity contribution < 1.29 is 9.47 Å². The van der Waals surface area contributed by atoms with Gasteiger partial charge in [-0.15, -0.1) is 24.8 Å². The number of halogens is 2. The van der Waals surface area contributed by atoms with Gasteiger partial charge >= 0.3 is 0 Å². The van der Waals surface area contributed by atoms with Gasteiger partial charge in [-0.1, -0.05) is 30.3 Å². The molecule has 4 N–H and O–H groups in total. The van der Waals surface area contributed by atoms with Crippen LogP contribution in [-0.2, 0) is 11.2 Å². The van der Waals surface area contributed by atoms with Crippen molar-refractivity contribution in [1.82, 2.24) is 14.5 Å². The lowest BCUT2D eigenvalue weighted by molar-refractivity contribution is 0.114. The van der Waals surface area contributed by atoms with E-state index in [1.165, 1.54) is 5.56 Å². The van der Waals surface area contributed by atoms with E-state index in [9.17, 15) is 0 Å². The second kappa shape index (κ2) is 11.9. The Hall–Kier alpha value is -2.58. The van der Waals surface area contributed by atoms with Crippen LogP contribution in [0.5, 0.6) is 5.75 Å². The molecule has 0 saturated heterocycles. The van der Waals surface area contributed by atoms with Crippen LogP contribution < -0.4 is 16.2 Å². The first-order valence-electron chi connectivity index (χ1n) is 10.2. The molecule has 7 nitrogen and oxygen atoms in total. The van der Waals surface area contributed by atoms with E-state index >= 15 is 0 Å². The van der Waals surface area contributed by atoms with E-state index in [4.69, 9.17) is 20.9 Å². The maximum Gasteiger partial charge on any atom is 0.152 e. The van der Waals surface area contributed by atoms with Gasteiger partial charge in [0.15, 0.2) is 5.82 Å². The number of nitrogens with two attached hydrogens (primary N) is 2. The number of hydrogen-bond donors (Lipinski definition) is 2. The Morgan fingerprint density at radius 1 is 1.06 bits per heavy atom. The molecule has 0 aliphatic carbocycles. The Bertz CT molecular complexity index is 1130. The summed E-state index contributed by atoms with van der Waals surface area (Å²) < 4.78 is 13.6. The molecule has 2 aromatic carbocycles. The molecule has 0 amide bonds. The third-order valence-electron chi connectivity index (χ3n) is 5.13. The fourth-order valence-corrected chi connectivity index (χ4v) is 3.71. The van der Waals surface area contributed by atoms with Crippen LogP contribution >= 0.6 is 24.8 Å². The summed E-state index contributed by atoms with van der Waals surface area (Å²) in [6.45, 7) is 4.24. The molecule has 0 fully saturated rings. The molecule has 0 aliphatic heterocycles. The van der Waals surface area contributed by atoms with Crippen molar-refractivity contribution in [3.05, 3.63) is 60.4 Å². The first kappa shape index (κ1) is 25.7. The van der Waals surface area contributed by atoms with E-state index in [0.29, 0.717) is 32.2 Å². The Kier molecular flexibility index (Phi) is 9.53. The largest absolute Gasteiger partial charge is 0.492 e. The third kappa shape index (κ3) is 5.42. The van der Waals surface area contributed by atoms with Crippen molar-refractivity contribution in [2.45, 2.75) is 19.4 Å². The van der Waals surface area contributed by atoms with Crippen molar-refractivity contribution in [3.8, 4) is 5.75 Å². The van der Waals surface area contributed by atoms with E-state index in [2.05, 4.69) is 32.7 Å². The quantitative estimate of drug-likeness (QED) is 0.375. The zero-order valence-corrected chi connectivity index (χ0v) is 19.6. The molecular formula is C23H29Cl2N5O2. The molecule has 0 unspecified atom stereocenters. The van der Waals surface area contributed by atoms with Gasteiger partial charge in [-0.25, -0.2) is 9.97 Å². The number of ether oxygens (including phenoxy) is 2. The molecule has 2 heterocycles. The number of fused-ring (bicyclic) bond motifs is 3. The van der Waals surface area contributed by atoms with Crippen LogP contribution in [0, 0.1) is 0 Å². The summed E-state index contributed by atoms with van der Waals surface area (Å²) in [6.07, 6.45) is 2.64. The van der Waals surface area contributed by atoms with Gasteiger partial charge in [0, 0.05) is 18.5 Å². The minimum Gasteiger partial charge on any atom is -0.492 e. The van der Waals surface area contributed by atoms with Gasteiger partial charge in [-0.05, 0) is 37.1 Å². The SMILES string of the molecule is CCOC[C@H](Cc1ccc(OCCN)cc1)n1cnc2c(N)nc3ccccc3c21.Cl.Cl. The number of benzene rings is 2. The van der Waals surface area contributed by atoms with E-state index in [0.717, 1.165) is 34.1 Å². The van der Waals surface area contributed by atoms with Crippen molar-refractivity contribution >= 4 is 52.6 Å². The number of aromatic nitrogens is 3. The van der Waals surface area contributed by atoms with Gasteiger partial charge in [-0.2, -0.15) is 0 Å². The Balaban J connectivity index is 0.00000181. The van der Waals surface area contributed by atoms with Gasteiger partial charge in [0.05, 0.1) is 30.0 Å². The average Bonchev–Trinajstić information content (AvgIpc) is 3.22. The number of nitrogen functional groups attached to an aromatic ring is 1. The predicted octanol–water partition coefficient (Wildman–Crippen LogP) is 4.17. The van der Waals surface area contributed by atoms with Crippen LogP contribution in [0.4, 0.5) is 5.82 Å². The average molecular weight is 478 g/mol. The number of para-hydroxylation sites is 1. The van der Waals surface area contributed by atoms with E-state index < -0.39 is 0 Å². The summed E-state index contributed by atoms with van der Waals surface area (Å²) in [5.74, 6) is 1.27. The zero-order chi connectivity index (χ0) is 20.9. The lowest BCUT2D eigenvalue weighted by Crippen LogP contribution is -2.18. The summed E-state index contributed by atoms with van der Waals surface area (Å²) in [4.78, 5) is 9.08. The van der Waals surface area contributed by atoms with E-state index in [1.807, 2.05) is 43.6 Å². The van der Waals surface area contributed by atoms with Crippen LogP contribution in [0.15, 0.2) is 54.9 Å². The maximum atomic E-state index is 6.20. The highest BCUT2D eigenvalue weighted by atomic mass is 35.5. The van der Waals surface area contributed by atoms with Gasteiger partial charge in [0.25, 0.3) is 0 Å². The maximum absolute atomic E-state index is 6.20. The number of anilines is 1. The highest BCUT2D eigenvalue weighted by molar-refractivity contribution is 6.06. The highest BCUT2D eigenvalue weighted by Crippen LogP contribution is 2.30. The monoisotopic (exact) mass is 477 g/mol. The summed E-state index contributed by atoms with van der Waals surface area (Å²) >= 11 is 0. The molecule has 0 radical (unpaired) electrons. The highest BCUT2D eigenvalue weighted by Gasteiger charge is 2.19. The second-order valence-corrected chi connectivity index (χ2v) is 7.16. The standard InChI is InChI=1S/C23H27N5O2.2ClH/c1-2-29-14-17(13-16-7-9-18(10-8-16)30-12-11-24)28-15-26-21-22(28)19-5-3-4-6-20(19)27-23(21)25;;/h3-10,15,17H,2,11-14,24H2,1H3,(H2,25,27);2*1H/t17-;;/m0../s1. The van der Waals surface area contributed by atoms with Crippen LogP contribution in [0.2, 0.25) is 0 Å². The summed E-state index contributed by atoms with van der Waals surface area (Å²) in [5.41, 5.74) is 15.5. The summed E-state index contributed by atoms with van der Waals surface area (Å²) in [7, 11) is 0. The lowest BCUT2D eigenvalue weighted by Gasteiger charge is -2.20. The molecule has 0 spiro atoms. The molecule has 172 valence electrons. The van der Waals surface area contributed by atoms with Crippen LogP contribution in [0.3, 0.4) is 0 Å². The number of imidazole rings is 1. The van der Waals surface area contributed by atoms with Crippen LogP contribution in [0.1, 0.15) is 18.5 Å². The van der Waals surface area contributed by atoms with Gasteiger partial charge in [0.1, 0.15) is 17.9 Å². The molecule has 0 bridgehead atoms. The summed E-state index contributed by atoms with van der Waals surface area (Å²) in [5, 5.41) is 1.03. The summed E-state index contributed by atoms with van der Waals surface area (Å²) in [6, 6.07) is 16.2. The molecule has 4 aromatic rings. The molecule has 32 heavy (non-hydrogen) atoms. The molecule has 2 aromatic heterocycles. The predicted molar refractivity (Wildman–Crippen MR) is 134 cm³/mol. The molecule has 9 heteroatoms. The first-order chi connectivity index (χ1) is 14.7. The van der Waals surface area contributed by atoms with Crippen molar-refractivity contribution in [2.75, 3.05) is 32.1 Å². The normalized spacial score (nSPS) is 11.7. The number of pyridine rings is 1. The van der Waals surface area contributed by atoms with Crippen LogP contribution in [0.25, 0.3) is 21.9 Å². The van der Waals surface area contributed by atoms with Crippen molar-refractivity contribution in [3.63, 3.8) is 0 Å². The number of hydrogen-bond acceptors (Lipinski definition) is 6. The second-order valence-electron chi connectivity index (χ2n) is 7.16. The first-order valence-corrected chi connectivity index (χ1v) is 10.2. The molecule has 0 saturated carbocycles. The molecule has 4 rings (SSSR count). The number of nitrogens with zero attached hydrogens (tertiary/aromatic N) is 3. The number of rotatable bonds is 9. The smallest absolute Gasteiger partial charge is 0.152 e. The van der Waals surface area contributed by atoms with E-state index in [-0.39, 0.29) is 30.9 Å². The molecule has 0 aliphatic rings. The minimum absolute atomic E-state index is 0. The molecule has 1 atom stereocenters. The minimum atomic E-state index is 0.